The molecule has 17 heavy (non-hydrogen) atoms. The fourth-order valence-electron chi connectivity index (χ4n) is 1.74. The predicted molar refractivity (Wildman–Crippen MR) is 67.4 cm³/mol. The zero-order valence-corrected chi connectivity index (χ0v) is 9.91. The van der Waals surface area contributed by atoms with E-state index in [0.717, 1.165) is 18.4 Å². The van der Waals surface area contributed by atoms with E-state index in [9.17, 15) is 4.79 Å². The van der Waals surface area contributed by atoms with Gasteiger partial charge in [0.25, 0.3) is 0 Å². The van der Waals surface area contributed by atoms with Crippen molar-refractivity contribution in [1.82, 2.24) is 10.6 Å². The third-order valence-corrected chi connectivity index (χ3v) is 3.31. The molecule has 1 saturated carbocycles. The monoisotopic (exact) mass is 233 g/mol. The maximum atomic E-state index is 11.5. The summed E-state index contributed by atoms with van der Waals surface area (Å²) in [6.07, 6.45) is 2.25. The number of carbonyl (C=O) groups excluding carboxylic acids is 1. The van der Waals surface area contributed by atoms with Gasteiger partial charge in [0.15, 0.2) is 0 Å². The van der Waals surface area contributed by atoms with Gasteiger partial charge >= 0.3 is 6.03 Å². The second kappa shape index (κ2) is 5.19. The maximum absolute atomic E-state index is 11.5. The topological polar surface area (TPSA) is 67.1 Å². The lowest BCUT2D eigenvalue weighted by Crippen LogP contribution is -2.40. The van der Waals surface area contributed by atoms with E-state index >= 15 is 0 Å². The van der Waals surface area contributed by atoms with Gasteiger partial charge in [-0.1, -0.05) is 30.3 Å². The van der Waals surface area contributed by atoms with Gasteiger partial charge < -0.3 is 16.4 Å². The molecule has 0 bridgehead atoms. The average molecular weight is 233 g/mol. The van der Waals surface area contributed by atoms with Crippen LogP contribution in [0.2, 0.25) is 0 Å². The van der Waals surface area contributed by atoms with Gasteiger partial charge in [0, 0.05) is 18.5 Å². The minimum Gasteiger partial charge on any atom is -0.338 e. The minimum atomic E-state index is -0.117. The van der Waals surface area contributed by atoms with E-state index in [-0.39, 0.29) is 11.4 Å². The van der Waals surface area contributed by atoms with Gasteiger partial charge in [-0.15, -0.1) is 0 Å². The van der Waals surface area contributed by atoms with Crippen LogP contribution in [0, 0.1) is 5.41 Å². The lowest BCUT2D eigenvalue weighted by Gasteiger charge is -2.13. The van der Waals surface area contributed by atoms with Crippen LogP contribution in [0.5, 0.6) is 0 Å². The summed E-state index contributed by atoms with van der Waals surface area (Å²) in [6, 6.07) is 9.74. The molecular formula is C13H19N3O. The number of benzene rings is 1. The van der Waals surface area contributed by atoms with Crippen molar-refractivity contribution < 1.29 is 4.79 Å². The lowest BCUT2D eigenvalue weighted by atomic mass is 10.1. The first-order valence-electron chi connectivity index (χ1n) is 6.00. The average Bonchev–Trinajstić information content (AvgIpc) is 3.16. The number of rotatable bonds is 5. The highest BCUT2D eigenvalue weighted by Crippen LogP contribution is 2.43. The van der Waals surface area contributed by atoms with Gasteiger partial charge in [-0.3, -0.25) is 0 Å². The number of carbonyl (C=O) groups is 1. The molecule has 4 nitrogen and oxygen atoms in total. The third kappa shape index (κ3) is 3.46. The van der Waals surface area contributed by atoms with E-state index in [1.165, 1.54) is 0 Å². The molecule has 2 rings (SSSR count). The first-order chi connectivity index (χ1) is 8.24. The smallest absolute Gasteiger partial charge is 0.315 e. The largest absolute Gasteiger partial charge is 0.338 e. The summed E-state index contributed by atoms with van der Waals surface area (Å²) < 4.78 is 0. The molecule has 0 aromatic heterocycles. The molecule has 0 radical (unpaired) electrons. The van der Waals surface area contributed by atoms with E-state index in [1.54, 1.807) is 0 Å². The van der Waals surface area contributed by atoms with Gasteiger partial charge in [-0.2, -0.15) is 0 Å². The Hall–Kier alpha value is -1.55. The van der Waals surface area contributed by atoms with Crippen LogP contribution >= 0.6 is 0 Å². The molecule has 1 aliphatic carbocycles. The minimum absolute atomic E-state index is 0.117. The molecule has 1 aromatic carbocycles. The summed E-state index contributed by atoms with van der Waals surface area (Å²) in [7, 11) is 0. The summed E-state index contributed by atoms with van der Waals surface area (Å²) in [5.74, 6) is 0. The van der Waals surface area contributed by atoms with Gasteiger partial charge in [-0.25, -0.2) is 4.79 Å². The number of hydrogen-bond donors (Lipinski definition) is 3. The third-order valence-electron chi connectivity index (χ3n) is 3.31. The number of nitrogens with one attached hydrogen (secondary N) is 2. The van der Waals surface area contributed by atoms with Crippen LogP contribution in [0.15, 0.2) is 30.3 Å². The maximum Gasteiger partial charge on any atom is 0.315 e. The van der Waals surface area contributed by atoms with E-state index < -0.39 is 0 Å². The van der Waals surface area contributed by atoms with E-state index in [1.807, 2.05) is 30.3 Å². The molecule has 1 aromatic rings. The molecule has 4 heteroatoms. The van der Waals surface area contributed by atoms with Crippen LogP contribution in [-0.2, 0) is 6.54 Å². The SMILES string of the molecule is NCC1(CNC(=O)NCc2ccccc2)CC1. The summed E-state index contributed by atoms with van der Waals surface area (Å²) in [6.45, 7) is 1.90. The number of hydrogen-bond acceptors (Lipinski definition) is 2. The number of urea groups is 1. The van der Waals surface area contributed by atoms with Crippen molar-refractivity contribution in [2.24, 2.45) is 11.1 Å². The van der Waals surface area contributed by atoms with Crippen molar-refractivity contribution in [3.05, 3.63) is 35.9 Å². The van der Waals surface area contributed by atoms with Crippen molar-refractivity contribution >= 4 is 6.03 Å². The number of nitrogens with two attached hydrogens (primary N) is 1. The van der Waals surface area contributed by atoms with Crippen LogP contribution in [0.4, 0.5) is 4.79 Å². The Morgan fingerprint density at radius 1 is 1.24 bits per heavy atom. The molecule has 1 fully saturated rings. The van der Waals surface area contributed by atoms with Crippen LogP contribution in [0.1, 0.15) is 18.4 Å². The molecule has 4 N–H and O–H groups in total. The van der Waals surface area contributed by atoms with Crippen molar-refractivity contribution in [3.8, 4) is 0 Å². The fraction of sp³-hybridized carbons (Fsp3) is 0.462. The Morgan fingerprint density at radius 3 is 2.53 bits per heavy atom. The fourth-order valence-corrected chi connectivity index (χ4v) is 1.74. The Morgan fingerprint density at radius 2 is 1.94 bits per heavy atom. The van der Waals surface area contributed by atoms with E-state index in [0.29, 0.717) is 19.6 Å². The Bertz CT molecular complexity index is 374. The van der Waals surface area contributed by atoms with Crippen LogP contribution in [0.3, 0.4) is 0 Å². The molecule has 2 amide bonds. The first-order valence-corrected chi connectivity index (χ1v) is 6.00. The van der Waals surface area contributed by atoms with Gasteiger partial charge in [-0.05, 0) is 24.9 Å². The van der Waals surface area contributed by atoms with Crippen molar-refractivity contribution in [1.29, 1.82) is 0 Å². The highest BCUT2D eigenvalue weighted by molar-refractivity contribution is 5.73. The lowest BCUT2D eigenvalue weighted by molar-refractivity contribution is 0.238. The molecule has 0 atom stereocenters. The molecule has 1 aliphatic rings. The summed E-state index contributed by atoms with van der Waals surface area (Å²) in [5, 5.41) is 5.71. The van der Waals surface area contributed by atoms with Crippen LogP contribution in [0.25, 0.3) is 0 Å². The highest BCUT2D eigenvalue weighted by Gasteiger charge is 2.41. The van der Waals surface area contributed by atoms with E-state index in [4.69, 9.17) is 5.73 Å². The Kier molecular flexibility index (Phi) is 3.64. The second-order valence-corrected chi connectivity index (χ2v) is 4.73. The highest BCUT2D eigenvalue weighted by atomic mass is 16.2. The quantitative estimate of drug-likeness (QED) is 0.716. The van der Waals surface area contributed by atoms with Crippen molar-refractivity contribution in [3.63, 3.8) is 0 Å². The van der Waals surface area contributed by atoms with Crippen molar-refractivity contribution in [2.75, 3.05) is 13.1 Å². The molecule has 0 saturated heterocycles. The normalized spacial score (nSPS) is 16.3. The number of amides is 2. The molecule has 0 unspecified atom stereocenters. The zero-order chi connectivity index (χ0) is 12.1. The predicted octanol–water partition coefficient (Wildman–Crippen LogP) is 1.22. The van der Waals surface area contributed by atoms with Crippen LogP contribution < -0.4 is 16.4 Å². The van der Waals surface area contributed by atoms with Gasteiger partial charge in [0.2, 0.25) is 0 Å². The standard InChI is InChI=1S/C13H19N3O/c14-9-13(6-7-13)10-16-12(17)15-8-11-4-2-1-3-5-11/h1-5H,6-10,14H2,(H2,15,16,17). The second-order valence-electron chi connectivity index (χ2n) is 4.73. The molecular weight excluding hydrogens is 214 g/mol. The van der Waals surface area contributed by atoms with E-state index in [2.05, 4.69) is 10.6 Å². The Labute approximate surface area is 102 Å². The van der Waals surface area contributed by atoms with Gasteiger partial charge in [0.05, 0.1) is 0 Å². The molecule has 0 aliphatic heterocycles. The summed E-state index contributed by atoms with van der Waals surface area (Å²) in [4.78, 5) is 11.5. The Balaban J connectivity index is 1.68. The van der Waals surface area contributed by atoms with Crippen molar-refractivity contribution in [2.45, 2.75) is 19.4 Å². The van der Waals surface area contributed by atoms with Crippen LogP contribution in [-0.4, -0.2) is 19.1 Å². The summed E-state index contributed by atoms with van der Waals surface area (Å²) in [5.41, 5.74) is 6.93. The zero-order valence-electron chi connectivity index (χ0n) is 9.91. The molecule has 0 spiro atoms. The molecule has 0 heterocycles. The molecule has 92 valence electrons. The summed E-state index contributed by atoms with van der Waals surface area (Å²) >= 11 is 0. The van der Waals surface area contributed by atoms with Gasteiger partial charge in [0.1, 0.15) is 0 Å². The first kappa shape index (κ1) is 11.9.